The molecule has 0 aromatic carbocycles. The Kier molecular flexibility index (Phi) is 2.90. The van der Waals surface area contributed by atoms with Gasteiger partial charge in [0.25, 0.3) is 0 Å². The van der Waals surface area contributed by atoms with E-state index in [-0.39, 0.29) is 5.69 Å². The van der Waals surface area contributed by atoms with Crippen molar-refractivity contribution >= 4 is 5.97 Å². The van der Waals surface area contributed by atoms with Crippen LogP contribution in [0.2, 0.25) is 0 Å². The number of nitrogens with zero attached hydrogens (tertiary/aromatic N) is 4. The Morgan fingerprint density at radius 1 is 1.56 bits per heavy atom. The van der Waals surface area contributed by atoms with Crippen LogP contribution in [0.3, 0.4) is 0 Å². The maximum Gasteiger partial charge on any atom is 0.360 e. The SMILES string of the molecule is COC(=O)c1cn(Cc2cccnc2)nn1. The Morgan fingerprint density at radius 2 is 2.44 bits per heavy atom. The molecule has 2 aromatic rings. The van der Waals surface area contributed by atoms with Gasteiger partial charge in [-0.3, -0.25) is 4.98 Å². The van der Waals surface area contributed by atoms with E-state index in [1.54, 1.807) is 23.3 Å². The normalized spacial score (nSPS) is 10.1. The molecule has 16 heavy (non-hydrogen) atoms. The number of carbonyl (C=O) groups excluding carboxylic acids is 1. The summed E-state index contributed by atoms with van der Waals surface area (Å²) in [5, 5.41) is 7.52. The highest BCUT2D eigenvalue weighted by molar-refractivity contribution is 5.86. The van der Waals surface area contributed by atoms with Gasteiger partial charge in [0.2, 0.25) is 0 Å². The molecule has 0 radical (unpaired) electrons. The summed E-state index contributed by atoms with van der Waals surface area (Å²) in [6, 6.07) is 3.76. The van der Waals surface area contributed by atoms with E-state index < -0.39 is 5.97 Å². The number of methoxy groups -OCH3 is 1. The van der Waals surface area contributed by atoms with Gasteiger partial charge in [-0.25, -0.2) is 9.48 Å². The topological polar surface area (TPSA) is 69.9 Å². The van der Waals surface area contributed by atoms with Crippen molar-refractivity contribution in [2.45, 2.75) is 6.54 Å². The summed E-state index contributed by atoms with van der Waals surface area (Å²) in [5.41, 5.74) is 1.19. The summed E-state index contributed by atoms with van der Waals surface area (Å²) in [6.07, 6.45) is 4.98. The number of pyridine rings is 1. The number of carbonyl (C=O) groups is 1. The molecule has 0 saturated carbocycles. The van der Waals surface area contributed by atoms with Gasteiger partial charge >= 0.3 is 5.97 Å². The molecule has 0 amide bonds. The van der Waals surface area contributed by atoms with Crippen LogP contribution in [-0.2, 0) is 11.3 Å². The lowest BCUT2D eigenvalue weighted by Gasteiger charge is -1.98. The number of aromatic nitrogens is 4. The van der Waals surface area contributed by atoms with Gasteiger partial charge < -0.3 is 4.74 Å². The summed E-state index contributed by atoms with van der Waals surface area (Å²) in [5.74, 6) is -0.488. The lowest BCUT2D eigenvalue weighted by atomic mass is 10.3. The zero-order valence-corrected chi connectivity index (χ0v) is 8.70. The van der Waals surface area contributed by atoms with Crippen LogP contribution in [0.4, 0.5) is 0 Å². The van der Waals surface area contributed by atoms with Crippen molar-refractivity contribution in [2.24, 2.45) is 0 Å². The van der Waals surface area contributed by atoms with Gasteiger partial charge in [0.15, 0.2) is 5.69 Å². The van der Waals surface area contributed by atoms with Crippen molar-refractivity contribution in [2.75, 3.05) is 7.11 Å². The molecule has 0 aliphatic heterocycles. The quantitative estimate of drug-likeness (QED) is 0.702. The Labute approximate surface area is 91.9 Å². The van der Waals surface area contributed by atoms with Gasteiger partial charge in [0.1, 0.15) is 0 Å². The highest BCUT2D eigenvalue weighted by atomic mass is 16.5. The van der Waals surface area contributed by atoms with Crippen molar-refractivity contribution in [1.29, 1.82) is 0 Å². The summed E-state index contributed by atoms with van der Waals surface area (Å²) in [4.78, 5) is 15.1. The molecule has 2 aromatic heterocycles. The number of rotatable bonds is 3. The second kappa shape index (κ2) is 4.52. The van der Waals surface area contributed by atoms with Crippen molar-refractivity contribution in [1.82, 2.24) is 20.0 Å². The minimum atomic E-state index is -0.488. The Morgan fingerprint density at radius 3 is 3.12 bits per heavy atom. The minimum absolute atomic E-state index is 0.200. The predicted octanol–water partition coefficient (Wildman–Crippen LogP) is 0.508. The van der Waals surface area contributed by atoms with Gasteiger partial charge in [-0.05, 0) is 11.6 Å². The lowest BCUT2D eigenvalue weighted by molar-refractivity contribution is 0.0594. The highest BCUT2D eigenvalue weighted by Gasteiger charge is 2.10. The van der Waals surface area contributed by atoms with E-state index in [9.17, 15) is 4.79 Å². The van der Waals surface area contributed by atoms with E-state index in [4.69, 9.17) is 0 Å². The zero-order valence-electron chi connectivity index (χ0n) is 8.70. The van der Waals surface area contributed by atoms with E-state index in [1.807, 2.05) is 12.1 Å². The van der Waals surface area contributed by atoms with Gasteiger partial charge in [-0.1, -0.05) is 11.3 Å². The molecule has 6 heteroatoms. The first kappa shape index (κ1) is 10.3. The maximum absolute atomic E-state index is 11.1. The first-order valence-corrected chi connectivity index (χ1v) is 4.67. The van der Waals surface area contributed by atoms with Crippen LogP contribution in [0.1, 0.15) is 16.1 Å². The summed E-state index contributed by atoms with van der Waals surface area (Å²) in [7, 11) is 1.31. The fraction of sp³-hybridized carbons (Fsp3) is 0.200. The van der Waals surface area contributed by atoms with Gasteiger partial charge in [-0.2, -0.15) is 0 Å². The first-order chi connectivity index (χ1) is 7.79. The molecule has 2 heterocycles. The van der Waals surface area contributed by atoms with Gasteiger partial charge in [0.05, 0.1) is 19.9 Å². The molecular weight excluding hydrogens is 208 g/mol. The lowest BCUT2D eigenvalue weighted by Crippen LogP contribution is -2.02. The molecule has 0 aliphatic carbocycles. The largest absolute Gasteiger partial charge is 0.464 e. The maximum atomic E-state index is 11.1. The van der Waals surface area contributed by atoms with E-state index in [0.717, 1.165) is 5.56 Å². The molecule has 0 N–H and O–H groups in total. The molecule has 82 valence electrons. The molecule has 0 aliphatic rings. The molecule has 0 unspecified atom stereocenters. The second-order valence-electron chi connectivity index (χ2n) is 3.15. The third kappa shape index (κ3) is 2.22. The third-order valence-electron chi connectivity index (χ3n) is 2.00. The smallest absolute Gasteiger partial charge is 0.360 e. The molecule has 0 spiro atoms. The molecule has 6 nitrogen and oxygen atoms in total. The van der Waals surface area contributed by atoms with Crippen molar-refractivity contribution < 1.29 is 9.53 Å². The fourth-order valence-corrected chi connectivity index (χ4v) is 1.25. The van der Waals surface area contributed by atoms with Crippen molar-refractivity contribution in [3.05, 3.63) is 42.0 Å². The highest BCUT2D eigenvalue weighted by Crippen LogP contribution is 2.01. The number of ether oxygens (including phenoxy) is 1. The molecule has 0 fully saturated rings. The number of hydrogen-bond acceptors (Lipinski definition) is 5. The first-order valence-electron chi connectivity index (χ1n) is 4.67. The van der Waals surface area contributed by atoms with Crippen molar-refractivity contribution in [3.8, 4) is 0 Å². The summed E-state index contributed by atoms with van der Waals surface area (Å²) >= 11 is 0. The van der Waals surface area contributed by atoms with Crippen LogP contribution in [0.15, 0.2) is 30.7 Å². The predicted molar refractivity (Wildman–Crippen MR) is 54.7 cm³/mol. The van der Waals surface area contributed by atoms with Crippen LogP contribution in [0.5, 0.6) is 0 Å². The van der Waals surface area contributed by atoms with Crippen LogP contribution >= 0.6 is 0 Å². The third-order valence-corrected chi connectivity index (χ3v) is 2.00. The van der Waals surface area contributed by atoms with Crippen LogP contribution < -0.4 is 0 Å². The fourth-order valence-electron chi connectivity index (χ4n) is 1.25. The molecule has 0 atom stereocenters. The zero-order chi connectivity index (χ0) is 11.4. The van der Waals surface area contributed by atoms with Gasteiger partial charge in [0, 0.05) is 12.4 Å². The van der Waals surface area contributed by atoms with E-state index in [0.29, 0.717) is 6.54 Å². The summed E-state index contributed by atoms with van der Waals surface area (Å²) in [6.45, 7) is 0.526. The van der Waals surface area contributed by atoms with Crippen LogP contribution in [0, 0.1) is 0 Å². The van der Waals surface area contributed by atoms with Crippen LogP contribution in [-0.4, -0.2) is 33.1 Å². The molecule has 0 saturated heterocycles. The van der Waals surface area contributed by atoms with Crippen LogP contribution in [0.25, 0.3) is 0 Å². The average molecular weight is 218 g/mol. The van der Waals surface area contributed by atoms with Crippen molar-refractivity contribution in [3.63, 3.8) is 0 Å². The monoisotopic (exact) mass is 218 g/mol. The number of esters is 1. The Balaban J connectivity index is 2.12. The average Bonchev–Trinajstić information content (AvgIpc) is 2.78. The molecular formula is C10H10N4O2. The molecule has 2 rings (SSSR count). The Hall–Kier alpha value is -2.24. The molecule has 0 bridgehead atoms. The standard InChI is InChI=1S/C10H10N4O2/c1-16-10(15)9-7-14(13-12-9)6-8-3-2-4-11-5-8/h2-5,7H,6H2,1H3. The van der Waals surface area contributed by atoms with Gasteiger partial charge in [-0.15, -0.1) is 5.10 Å². The number of hydrogen-bond donors (Lipinski definition) is 0. The van der Waals surface area contributed by atoms with E-state index >= 15 is 0 Å². The summed E-state index contributed by atoms with van der Waals surface area (Å²) < 4.78 is 6.09. The Bertz CT molecular complexity index is 481. The second-order valence-corrected chi connectivity index (χ2v) is 3.15. The van der Waals surface area contributed by atoms with E-state index in [2.05, 4.69) is 20.0 Å². The minimum Gasteiger partial charge on any atom is -0.464 e. The van der Waals surface area contributed by atoms with E-state index in [1.165, 1.54) is 7.11 Å².